The minimum absolute atomic E-state index is 0.0317. The van der Waals surface area contributed by atoms with Gasteiger partial charge in [0, 0.05) is 24.6 Å². The van der Waals surface area contributed by atoms with Crippen molar-refractivity contribution in [2.24, 2.45) is 5.41 Å². The average Bonchev–Trinajstić information content (AvgIpc) is 2.83. The van der Waals surface area contributed by atoms with Gasteiger partial charge in [-0.3, -0.25) is 4.79 Å². The van der Waals surface area contributed by atoms with Crippen molar-refractivity contribution in [3.63, 3.8) is 0 Å². The van der Waals surface area contributed by atoms with Crippen LogP contribution in [0.15, 0.2) is 4.52 Å². The summed E-state index contributed by atoms with van der Waals surface area (Å²) in [6, 6.07) is 0.322. The minimum Gasteiger partial charge on any atom is -0.360 e. The van der Waals surface area contributed by atoms with Crippen LogP contribution in [-0.4, -0.2) is 30.2 Å². The number of hydrogen-bond donors (Lipinski definition) is 2. The van der Waals surface area contributed by atoms with Gasteiger partial charge in [0.25, 0.3) is 5.91 Å². The van der Waals surface area contributed by atoms with E-state index in [1.807, 2.05) is 13.8 Å². The molecule has 0 aliphatic rings. The SMILES string of the molecule is CCCNC(C)C(C)(C)CNC(=O)c1noc(CC)c1C. The van der Waals surface area contributed by atoms with Crippen molar-refractivity contribution < 1.29 is 9.32 Å². The Morgan fingerprint density at radius 2 is 2.05 bits per heavy atom. The molecule has 2 N–H and O–H groups in total. The molecular formula is C16H29N3O2. The van der Waals surface area contributed by atoms with Gasteiger partial charge in [0.05, 0.1) is 0 Å². The number of nitrogens with one attached hydrogen (secondary N) is 2. The highest BCUT2D eigenvalue weighted by atomic mass is 16.5. The van der Waals surface area contributed by atoms with Crippen molar-refractivity contribution in [3.05, 3.63) is 17.0 Å². The molecule has 5 heteroatoms. The molecule has 1 aromatic heterocycles. The van der Waals surface area contributed by atoms with E-state index in [9.17, 15) is 4.79 Å². The summed E-state index contributed by atoms with van der Waals surface area (Å²) in [5.41, 5.74) is 1.21. The molecule has 1 aromatic rings. The number of amides is 1. The lowest BCUT2D eigenvalue weighted by Crippen LogP contribution is -2.47. The number of hydrogen-bond acceptors (Lipinski definition) is 4. The maximum atomic E-state index is 12.2. The summed E-state index contributed by atoms with van der Waals surface area (Å²) < 4.78 is 5.18. The van der Waals surface area contributed by atoms with Crippen LogP contribution in [-0.2, 0) is 6.42 Å². The molecule has 0 radical (unpaired) electrons. The van der Waals surface area contributed by atoms with Crippen molar-refractivity contribution in [2.45, 2.75) is 60.4 Å². The highest BCUT2D eigenvalue weighted by molar-refractivity contribution is 5.93. The summed E-state index contributed by atoms with van der Waals surface area (Å²) in [6.07, 6.45) is 1.85. The molecule has 5 nitrogen and oxygen atoms in total. The lowest BCUT2D eigenvalue weighted by Gasteiger charge is -2.32. The molecule has 1 rings (SSSR count). The van der Waals surface area contributed by atoms with E-state index in [2.05, 4.69) is 43.5 Å². The van der Waals surface area contributed by atoms with Crippen molar-refractivity contribution in [3.8, 4) is 0 Å². The topological polar surface area (TPSA) is 67.2 Å². The van der Waals surface area contributed by atoms with Gasteiger partial charge in [-0.1, -0.05) is 32.9 Å². The molecule has 21 heavy (non-hydrogen) atoms. The summed E-state index contributed by atoms with van der Waals surface area (Å²) in [6.45, 7) is 14.0. The second-order valence-corrected chi connectivity index (χ2v) is 6.28. The van der Waals surface area contributed by atoms with Gasteiger partial charge in [0.15, 0.2) is 5.69 Å². The van der Waals surface area contributed by atoms with E-state index >= 15 is 0 Å². The molecular weight excluding hydrogens is 266 g/mol. The maximum Gasteiger partial charge on any atom is 0.273 e. The zero-order valence-corrected chi connectivity index (χ0v) is 14.2. The Labute approximate surface area is 127 Å². The molecule has 0 spiro atoms. The van der Waals surface area contributed by atoms with Crippen LogP contribution in [0.2, 0.25) is 0 Å². The van der Waals surface area contributed by atoms with Gasteiger partial charge < -0.3 is 15.2 Å². The van der Waals surface area contributed by atoms with E-state index in [4.69, 9.17) is 4.52 Å². The van der Waals surface area contributed by atoms with Crippen molar-refractivity contribution in [1.82, 2.24) is 15.8 Å². The number of aryl methyl sites for hydroxylation is 1. The van der Waals surface area contributed by atoms with Gasteiger partial charge >= 0.3 is 0 Å². The summed E-state index contributed by atoms with van der Waals surface area (Å²) in [4.78, 5) is 12.2. The number of nitrogens with zero attached hydrogens (tertiary/aromatic N) is 1. The fourth-order valence-electron chi connectivity index (χ4n) is 2.09. The molecule has 1 heterocycles. The first-order chi connectivity index (χ1) is 9.83. The number of rotatable bonds is 8. The third-order valence-corrected chi connectivity index (χ3v) is 4.13. The van der Waals surface area contributed by atoms with Crippen LogP contribution in [0, 0.1) is 12.3 Å². The van der Waals surface area contributed by atoms with Crippen molar-refractivity contribution in [2.75, 3.05) is 13.1 Å². The van der Waals surface area contributed by atoms with Crippen LogP contribution in [0.3, 0.4) is 0 Å². The van der Waals surface area contributed by atoms with E-state index in [-0.39, 0.29) is 11.3 Å². The Bertz CT molecular complexity index is 466. The monoisotopic (exact) mass is 295 g/mol. The lowest BCUT2D eigenvalue weighted by atomic mass is 9.85. The molecule has 1 atom stereocenters. The lowest BCUT2D eigenvalue weighted by molar-refractivity contribution is 0.0918. The van der Waals surface area contributed by atoms with Gasteiger partial charge in [0.1, 0.15) is 5.76 Å². The van der Waals surface area contributed by atoms with E-state index in [1.165, 1.54) is 0 Å². The zero-order valence-electron chi connectivity index (χ0n) is 14.2. The maximum absolute atomic E-state index is 12.2. The Hall–Kier alpha value is -1.36. The van der Waals surface area contributed by atoms with E-state index < -0.39 is 0 Å². The molecule has 0 saturated heterocycles. The highest BCUT2D eigenvalue weighted by Gasteiger charge is 2.27. The largest absolute Gasteiger partial charge is 0.360 e. The quantitative estimate of drug-likeness (QED) is 0.774. The van der Waals surface area contributed by atoms with E-state index in [0.717, 1.165) is 30.7 Å². The van der Waals surface area contributed by atoms with Crippen LogP contribution in [0.1, 0.15) is 62.9 Å². The zero-order chi connectivity index (χ0) is 16.0. The standard InChI is InChI=1S/C16H29N3O2/c1-7-9-17-12(4)16(5,6)10-18-15(20)14-11(3)13(8-2)21-19-14/h12,17H,7-10H2,1-6H3,(H,18,20). The minimum atomic E-state index is -0.160. The van der Waals surface area contributed by atoms with Gasteiger partial charge in [-0.2, -0.15) is 0 Å². The first kappa shape index (κ1) is 17.7. The van der Waals surface area contributed by atoms with Crippen molar-refractivity contribution >= 4 is 5.91 Å². The molecule has 0 bridgehead atoms. The third kappa shape index (κ3) is 4.56. The van der Waals surface area contributed by atoms with Crippen LogP contribution in [0.4, 0.5) is 0 Å². The first-order valence-electron chi connectivity index (χ1n) is 7.80. The molecule has 0 aliphatic carbocycles. The number of carbonyl (C=O) groups is 1. The summed E-state index contributed by atoms with van der Waals surface area (Å²) in [7, 11) is 0. The van der Waals surface area contributed by atoms with Crippen LogP contribution < -0.4 is 10.6 Å². The van der Waals surface area contributed by atoms with Gasteiger partial charge in [0.2, 0.25) is 0 Å². The van der Waals surface area contributed by atoms with E-state index in [0.29, 0.717) is 18.3 Å². The smallest absolute Gasteiger partial charge is 0.273 e. The Morgan fingerprint density at radius 3 is 2.57 bits per heavy atom. The average molecular weight is 295 g/mol. The molecule has 0 aliphatic heterocycles. The molecule has 120 valence electrons. The molecule has 0 aromatic carbocycles. The predicted molar refractivity (Wildman–Crippen MR) is 84.5 cm³/mol. The number of carbonyl (C=O) groups excluding carboxylic acids is 1. The number of aromatic nitrogens is 1. The molecule has 1 amide bonds. The second-order valence-electron chi connectivity index (χ2n) is 6.28. The summed E-state index contributed by atoms with van der Waals surface area (Å²) in [5, 5.41) is 10.3. The fraction of sp³-hybridized carbons (Fsp3) is 0.750. The summed E-state index contributed by atoms with van der Waals surface area (Å²) >= 11 is 0. The van der Waals surface area contributed by atoms with Crippen LogP contribution >= 0.6 is 0 Å². The normalized spacial score (nSPS) is 13.2. The van der Waals surface area contributed by atoms with Crippen molar-refractivity contribution in [1.29, 1.82) is 0 Å². The fourth-order valence-corrected chi connectivity index (χ4v) is 2.09. The van der Waals surface area contributed by atoms with Gasteiger partial charge in [-0.25, -0.2) is 0 Å². The first-order valence-corrected chi connectivity index (χ1v) is 7.80. The molecule has 0 saturated carbocycles. The van der Waals surface area contributed by atoms with Gasteiger partial charge in [-0.15, -0.1) is 0 Å². The predicted octanol–water partition coefficient (Wildman–Crippen LogP) is 2.69. The van der Waals surface area contributed by atoms with Crippen LogP contribution in [0.25, 0.3) is 0 Å². The molecule has 1 unspecified atom stereocenters. The Balaban J connectivity index is 2.60. The van der Waals surface area contributed by atoms with E-state index in [1.54, 1.807) is 0 Å². The second kappa shape index (κ2) is 7.59. The third-order valence-electron chi connectivity index (χ3n) is 4.13. The summed E-state index contributed by atoms with van der Waals surface area (Å²) in [5.74, 6) is 0.615. The van der Waals surface area contributed by atoms with Crippen LogP contribution in [0.5, 0.6) is 0 Å². The Morgan fingerprint density at radius 1 is 1.38 bits per heavy atom. The highest BCUT2D eigenvalue weighted by Crippen LogP contribution is 2.20. The molecule has 0 fully saturated rings. The Kier molecular flexibility index (Phi) is 6.40. The van der Waals surface area contributed by atoms with Gasteiger partial charge in [-0.05, 0) is 32.2 Å².